The van der Waals surface area contributed by atoms with Crippen molar-refractivity contribution >= 4 is 28.4 Å². The summed E-state index contributed by atoms with van der Waals surface area (Å²) in [4.78, 5) is 31.4. The summed E-state index contributed by atoms with van der Waals surface area (Å²) in [5.41, 5.74) is 2.61. The second kappa shape index (κ2) is 8.97. The highest BCUT2D eigenvalue weighted by atomic mass is 35.5. The Morgan fingerprint density at radius 1 is 1.00 bits per heavy atom. The van der Waals surface area contributed by atoms with Gasteiger partial charge in [0.25, 0.3) is 11.5 Å². The number of amides is 1. The zero-order chi connectivity index (χ0) is 22.8. The zero-order valence-corrected chi connectivity index (χ0v) is 18.9. The van der Waals surface area contributed by atoms with Gasteiger partial charge in [-0.15, -0.1) is 0 Å². The first-order valence-corrected chi connectivity index (χ1v) is 10.9. The summed E-state index contributed by atoms with van der Waals surface area (Å²) < 4.78 is 1.58. The van der Waals surface area contributed by atoms with Gasteiger partial charge in [-0.1, -0.05) is 61.3 Å². The summed E-state index contributed by atoms with van der Waals surface area (Å²) in [5.74, 6) is 0.220. The Bertz CT molecular complexity index is 1330. The standard InChI is InChI=1S/C26H24ClN3O2/c1-16(2)23(29-25(31)18-11-9-17(3)10-12-18)24-28-22-15-19(27)13-14-21(22)26(32)30(24)20-7-5-4-6-8-20/h4-16,23H,1-3H3,(H,29,31)/t23-/m1/s1. The molecule has 0 radical (unpaired) electrons. The van der Waals surface area contributed by atoms with E-state index in [2.05, 4.69) is 5.32 Å². The molecule has 0 unspecified atom stereocenters. The topological polar surface area (TPSA) is 64.0 Å². The molecule has 0 aliphatic rings. The minimum atomic E-state index is -0.500. The molecule has 1 heterocycles. The number of hydrogen-bond acceptors (Lipinski definition) is 3. The smallest absolute Gasteiger partial charge is 0.266 e. The number of aryl methyl sites for hydroxylation is 1. The number of fused-ring (bicyclic) bond motifs is 1. The number of aromatic nitrogens is 2. The fourth-order valence-electron chi connectivity index (χ4n) is 3.67. The SMILES string of the molecule is Cc1ccc(C(=O)N[C@@H](c2nc3cc(Cl)ccc3c(=O)n2-c2ccccc2)C(C)C)cc1. The molecular formula is C26H24ClN3O2. The molecular weight excluding hydrogens is 422 g/mol. The van der Waals surface area contributed by atoms with Crippen molar-refractivity contribution in [2.24, 2.45) is 5.92 Å². The molecule has 0 spiro atoms. The minimum Gasteiger partial charge on any atom is -0.342 e. The lowest BCUT2D eigenvalue weighted by Crippen LogP contribution is -2.37. The van der Waals surface area contributed by atoms with Gasteiger partial charge < -0.3 is 5.32 Å². The third-order valence-corrected chi connectivity index (χ3v) is 5.65. The minimum absolute atomic E-state index is 0.0251. The number of nitrogens with one attached hydrogen (secondary N) is 1. The van der Waals surface area contributed by atoms with E-state index in [0.717, 1.165) is 5.56 Å². The summed E-state index contributed by atoms with van der Waals surface area (Å²) in [5, 5.41) is 4.06. The van der Waals surface area contributed by atoms with Gasteiger partial charge >= 0.3 is 0 Å². The van der Waals surface area contributed by atoms with E-state index >= 15 is 0 Å². The Kier molecular flexibility index (Phi) is 6.10. The van der Waals surface area contributed by atoms with E-state index in [1.807, 2.05) is 63.2 Å². The van der Waals surface area contributed by atoms with Crippen LogP contribution in [-0.2, 0) is 0 Å². The maximum absolute atomic E-state index is 13.5. The first kappa shape index (κ1) is 21.8. The van der Waals surface area contributed by atoms with Gasteiger partial charge in [-0.05, 0) is 55.3 Å². The van der Waals surface area contributed by atoms with Gasteiger partial charge in [-0.25, -0.2) is 4.98 Å². The molecule has 3 aromatic carbocycles. The quantitative estimate of drug-likeness (QED) is 0.442. The van der Waals surface area contributed by atoms with Crippen LogP contribution in [-0.4, -0.2) is 15.5 Å². The Morgan fingerprint density at radius 2 is 1.69 bits per heavy atom. The van der Waals surface area contributed by atoms with Gasteiger partial charge in [0, 0.05) is 10.6 Å². The van der Waals surface area contributed by atoms with Crippen molar-refractivity contribution in [3.8, 4) is 5.69 Å². The zero-order valence-electron chi connectivity index (χ0n) is 18.2. The summed E-state index contributed by atoms with van der Waals surface area (Å²) in [6.07, 6.45) is 0. The molecule has 162 valence electrons. The largest absolute Gasteiger partial charge is 0.342 e. The Balaban J connectivity index is 1.90. The molecule has 6 heteroatoms. The number of carbonyl (C=O) groups is 1. The van der Waals surface area contributed by atoms with Gasteiger partial charge in [-0.3, -0.25) is 14.2 Å². The van der Waals surface area contributed by atoms with E-state index in [-0.39, 0.29) is 17.4 Å². The normalized spacial score (nSPS) is 12.2. The Morgan fingerprint density at radius 3 is 2.34 bits per heavy atom. The molecule has 4 rings (SSSR count). The van der Waals surface area contributed by atoms with E-state index in [1.54, 1.807) is 34.9 Å². The van der Waals surface area contributed by atoms with E-state index < -0.39 is 6.04 Å². The van der Waals surface area contributed by atoms with Gasteiger partial charge in [0.2, 0.25) is 0 Å². The van der Waals surface area contributed by atoms with E-state index in [0.29, 0.717) is 33.0 Å². The molecule has 1 amide bonds. The fraction of sp³-hybridized carbons (Fsp3) is 0.192. The predicted octanol–water partition coefficient (Wildman–Crippen LogP) is 5.47. The maximum atomic E-state index is 13.5. The van der Waals surface area contributed by atoms with Crippen LogP contribution in [0.15, 0.2) is 77.6 Å². The molecule has 32 heavy (non-hydrogen) atoms. The molecule has 5 nitrogen and oxygen atoms in total. The Labute approximate surface area is 191 Å². The van der Waals surface area contributed by atoms with Crippen LogP contribution in [0.25, 0.3) is 16.6 Å². The van der Waals surface area contributed by atoms with E-state index in [1.165, 1.54) is 0 Å². The summed E-state index contributed by atoms with van der Waals surface area (Å²) in [7, 11) is 0. The second-order valence-corrected chi connectivity index (χ2v) is 8.61. The van der Waals surface area contributed by atoms with E-state index in [9.17, 15) is 9.59 Å². The molecule has 4 aromatic rings. The van der Waals surface area contributed by atoms with Crippen molar-refractivity contribution in [3.05, 3.63) is 105 Å². The lowest BCUT2D eigenvalue weighted by atomic mass is 10.0. The molecule has 0 aliphatic heterocycles. The first-order chi connectivity index (χ1) is 15.3. The molecule has 0 saturated carbocycles. The highest BCUT2D eigenvalue weighted by molar-refractivity contribution is 6.31. The average molecular weight is 446 g/mol. The monoisotopic (exact) mass is 445 g/mol. The lowest BCUT2D eigenvalue weighted by Gasteiger charge is -2.25. The fourth-order valence-corrected chi connectivity index (χ4v) is 3.84. The van der Waals surface area contributed by atoms with Crippen LogP contribution in [0.4, 0.5) is 0 Å². The van der Waals surface area contributed by atoms with Crippen molar-refractivity contribution in [2.45, 2.75) is 26.8 Å². The number of halogens is 1. The van der Waals surface area contributed by atoms with Crippen molar-refractivity contribution in [1.82, 2.24) is 14.9 Å². The van der Waals surface area contributed by atoms with Crippen LogP contribution in [0.5, 0.6) is 0 Å². The molecule has 0 saturated heterocycles. The van der Waals surface area contributed by atoms with Crippen LogP contribution >= 0.6 is 11.6 Å². The highest BCUT2D eigenvalue weighted by Gasteiger charge is 2.26. The molecule has 0 aliphatic carbocycles. The molecule has 1 aromatic heterocycles. The van der Waals surface area contributed by atoms with Gasteiger partial charge in [-0.2, -0.15) is 0 Å². The molecule has 1 N–H and O–H groups in total. The summed E-state index contributed by atoms with van der Waals surface area (Å²) >= 11 is 6.18. The van der Waals surface area contributed by atoms with Gasteiger partial charge in [0.1, 0.15) is 5.82 Å². The highest BCUT2D eigenvalue weighted by Crippen LogP contribution is 2.25. The molecule has 0 fully saturated rings. The number of rotatable bonds is 5. The third-order valence-electron chi connectivity index (χ3n) is 5.42. The number of benzene rings is 3. The van der Waals surface area contributed by atoms with Crippen molar-refractivity contribution in [2.75, 3.05) is 0 Å². The lowest BCUT2D eigenvalue weighted by molar-refractivity contribution is 0.0922. The van der Waals surface area contributed by atoms with Crippen LogP contribution in [0.1, 0.15) is 41.6 Å². The summed E-state index contributed by atoms with van der Waals surface area (Å²) in [6, 6.07) is 21.3. The third kappa shape index (κ3) is 4.30. The van der Waals surface area contributed by atoms with Crippen molar-refractivity contribution < 1.29 is 4.79 Å². The molecule has 1 atom stereocenters. The van der Waals surface area contributed by atoms with E-state index in [4.69, 9.17) is 16.6 Å². The van der Waals surface area contributed by atoms with Crippen LogP contribution in [0.2, 0.25) is 5.02 Å². The first-order valence-electron chi connectivity index (χ1n) is 10.5. The van der Waals surface area contributed by atoms with Crippen LogP contribution in [0, 0.1) is 12.8 Å². The average Bonchev–Trinajstić information content (AvgIpc) is 2.77. The molecule has 0 bridgehead atoms. The van der Waals surface area contributed by atoms with Gasteiger partial charge in [0.15, 0.2) is 0 Å². The number of hydrogen-bond donors (Lipinski definition) is 1. The maximum Gasteiger partial charge on any atom is 0.266 e. The summed E-state index contributed by atoms with van der Waals surface area (Å²) in [6.45, 7) is 5.95. The van der Waals surface area contributed by atoms with Crippen molar-refractivity contribution in [3.63, 3.8) is 0 Å². The number of para-hydroxylation sites is 1. The predicted molar refractivity (Wildman–Crippen MR) is 129 cm³/mol. The van der Waals surface area contributed by atoms with Crippen LogP contribution in [0.3, 0.4) is 0 Å². The van der Waals surface area contributed by atoms with Gasteiger partial charge in [0.05, 0.1) is 22.6 Å². The second-order valence-electron chi connectivity index (χ2n) is 8.17. The Hall–Kier alpha value is -3.44. The van der Waals surface area contributed by atoms with Crippen molar-refractivity contribution in [1.29, 1.82) is 0 Å². The number of nitrogens with zero attached hydrogens (tertiary/aromatic N) is 2. The number of carbonyl (C=O) groups excluding carboxylic acids is 1. The van der Waals surface area contributed by atoms with Crippen LogP contribution < -0.4 is 10.9 Å².